The van der Waals surface area contributed by atoms with Gasteiger partial charge < -0.3 is 25.6 Å². The van der Waals surface area contributed by atoms with E-state index in [1.807, 2.05) is 43.4 Å². The summed E-state index contributed by atoms with van der Waals surface area (Å²) in [5.74, 6) is -0.970. The number of benzene rings is 1. The minimum Gasteiger partial charge on any atom is -0.508 e. The molecule has 2 aliphatic carbocycles. The molecule has 0 fully saturated rings. The molecule has 3 unspecified atom stereocenters. The third-order valence-electron chi connectivity index (χ3n) is 5.66. The van der Waals surface area contributed by atoms with Crippen LogP contribution in [0.1, 0.15) is 39.5 Å². The maximum absolute atomic E-state index is 13.0. The molecule has 0 spiro atoms. The molecule has 0 saturated heterocycles. The number of carbonyl (C=O) groups is 2. The van der Waals surface area contributed by atoms with Gasteiger partial charge in [0.15, 0.2) is 6.10 Å². The average molecular weight is 453 g/mol. The highest BCUT2D eigenvalue weighted by atomic mass is 16.5. The molecule has 0 heterocycles. The summed E-state index contributed by atoms with van der Waals surface area (Å²) < 4.78 is 5.39. The van der Waals surface area contributed by atoms with E-state index in [4.69, 9.17) is 4.74 Å². The fourth-order valence-corrected chi connectivity index (χ4v) is 3.86. The van der Waals surface area contributed by atoms with Gasteiger partial charge in [0.25, 0.3) is 5.91 Å². The van der Waals surface area contributed by atoms with Gasteiger partial charge in [0.05, 0.1) is 18.6 Å². The van der Waals surface area contributed by atoms with Gasteiger partial charge in [-0.3, -0.25) is 9.59 Å². The lowest BCUT2D eigenvalue weighted by Crippen LogP contribution is -2.51. The Labute approximate surface area is 194 Å². The predicted molar refractivity (Wildman–Crippen MR) is 128 cm³/mol. The molecule has 2 aliphatic rings. The SMILES string of the molecule is CCOc1cc(O)cc(NC(=O)C(O)C(NC(=O)C2C=CC(CC)=CC2)C2=CCCC=C2)c1. The fraction of sp³-hybridized carbons (Fsp3) is 0.385. The maximum atomic E-state index is 13.0. The number of aliphatic hydroxyl groups is 1. The lowest BCUT2D eigenvalue weighted by Gasteiger charge is -2.28. The van der Waals surface area contributed by atoms with Crippen molar-refractivity contribution < 1.29 is 24.5 Å². The van der Waals surface area contributed by atoms with E-state index in [2.05, 4.69) is 17.6 Å². The first-order valence-electron chi connectivity index (χ1n) is 11.4. The molecule has 33 heavy (non-hydrogen) atoms. The van der Waals surface area contributed by atoms with Crippen molar-refractivity contribution in [3.8, 4) is 11.5 Å². The second kappa shape index (κ2) is 11.5. The lowest BCUT2D eigenvalue weighted by atomic mass is 9.92. The second-order valence-electron chi connectivity index (χ2n) is 8.09. The number of rotatable bonds is 9. The monoisotopic (exact) mass is 452 g/mol. The van der Waals surface area contributed by atoms with Crippen molar-refractivity contribution in [2.75, 3.05) is 11.9 Å². The fourth-order valence-electron chi connectivity index (χ4n) is 3.86. The molecule has 3 atom stereocenters. The quantitative estimate of drug-likeness (QED) is 0.456. The molecule has 0 saturated carbocycles. The molecule has 176 valence electrons. The van der Waals surface area contributed by atoms with Crippen LogP contribution in [0, 0.1) is 5.92 Å². The molecular formula is C26H32N2O5. The van der Waals surface area contributed by atoms with Gasteiger partial charge in [-0.2, -0.15) is 0 Å². The van der Waals surface area contributed by atoms with Crippen molar-refractivity contribution in [3.63, 3.8) is 0 Å². The second-order valence-corrected chi connectivity index (χ2v) is 8.09. The van der Waals surface area contributed by atoms with Crippen LogP contribution in [0.4, 0.5) is 5.69 Å². The minimum absolute atomic E-state index is 0.0721. The number of phenolic OH excluding ortho intramolecular Hbond substituents is 1. The van der Waals surface area contributed by atoms with Gasteiger partial charge >= 0.3 is 0 Å². The number of hydrogen-bond acceptors (Lipinski definition) is 5. The highest BCUT2D eigenvalue weighted by Crippen LogP contribution is 2.26. The highest BCUT2D eigenvalue weighted by molar-refractivity contribution is 5.96. The van der Waals surface area contributed by atoms with Gasteiger partial charge in [-0.15, -0.1) is 0 Å². The van der Waals surface area contributed by atoms with E-state index in [9.17, 15) is 19.8 Å². The minimum atomic E-state index is -1.53. The van der Waals surface area contributed by atoms with Crippen LogP contribution in [0.2, 0.25) is 0 Å². The topological polar surface area (TPSA) is 108 Å². The summed E-state index contributed by atoms with van der Waals surface area (Å²) in [6.45, 7) is 4.27. The largest absolute Gasteiger partial charge is 0.508 e. The van der Waals surface area contributed by atoms with E-state index in [1.54, 1.807) is 6.07 Å². The van der Waals surface area contributed by atoms with Crippen molar-refractivity contribution in [1.29, 1.82) is 0 Å². The number of anilines is 1. The molecular weight excluding hydrogens is 420 g/mol. The Morgan fingerprint density at radius 3 is 2.61 bits per heavy atom. The molecule has 0 bridgehead atoms. The van der Waals surface area contributed by atoms with E-state index >= 15 is 0 Å². The Balaban J connectivity index is 1.75. The third kappa shape index (κ3) is 6.58. The number of aliphatic hydroxyl groups excluding tert-OH is 1. The van der Waals surface area contributed by atoms with E-state index in [0.29, 0.717) is 24.4 Å². The van der Waals surface area contributed by atoms with Gasteiger partial charge in [-0.25, -0.2) is 0 Å². The van der Waals surface area contributed by atoms with Crippen LogP contribution in [0.3, 0.4) is 0 Å². The summed E-state index contributed by atoms with van der Waals surface area (Å²) in [7, 11) is 0. The van der Waals surface area contributed by atoms with E-state index in [1.165, 1.54) is 17.7 Å². The molecule has 4 N–H and O–H groups in total. The summed E-state index contributed by atoms with van der Waals surface area (Å²) in [5, 5.41) is 26.3. The third-order valence-corrected chi connectivity index (χ3v) is 5.66. The molecule has 0 aromatic heterocycles. The molecule has 2 amide bonds. The number of aromatic hydroxyl groups is 1. The van der Waals surface area contributed by atoms with Crippen molar-refractivity contribution in [2.45, 2.75) is 51.7 Å². The molecule has 1 aromatic carbocycles. The van der Waals surface area contributed by atoms with E-state index in [-0.39, 0.29) is 23.3 Å². The number of phenols is 1. The summed E-state index contributed by atoms with van der Waals surface area (Å²) in [5.41, 5.74) is 2.16. The molecule has 3 rings (SSSR count). The van der Waals surface area contributed by atoms with Gasteiger partial charge in [0.1, 0.15) is 11.5 Å². The first-order chi connectivity index (χ1) is 15.9. The number of hydrogen-bond donors (Lipinski definition) is 4. The van der Waals surface area contributed by atoms with Gasteiger partial charge in [0, 0.05) is 23.9 Å². The zero-order chi connectivity index (χ0) is 23.8. The highest BCUT2D eigenvalue weighted by Gasteiger charge is 2.32. The van der Waals surface area contributed by atoms with Crippen molar-refractivity contribution in [3.05, 3.63) is 65.8 Å². The summed E-state index contributed by atoms with van der Waals surface area (Å²) >= 11 is 0. The molecule has 0 aliphatic heterocycles. The van der Waals surface area contributed by atoms with Gasteiger partial charge in [-0.1, -0.05) is 49.0 Å². The summed E-state index contributed by atoms with van der Waals surface area (Å²) in [6, 6.07) is 3.46. The van der Waals surface area contributed by atoms with Crippen LogP contribution in [-0.4, -0.2) is 40.8 Å². The van der Waals surface area contributed by atoms with Crippen LogP contribution in [0.15, 0.2) is 65.8 Å². The smallest absolute Gasteiger partial charge is 0.255 e. The Bertz CT molecular complexity index is 992. The Morgan fingerprint density at radius 1 is 1.15 bits per heavy atom. The van der Waals surface area contributed by atoms with Gasteiger partial charge in [-0.05, 0) is 38.2 Å². The molecule has 1 aromatic rings. The zero-order valence-corrected chi connectivity index (χ0v) is 19.1. The number of nitrogens with one attached hydrogen (secondary N) is 2. The van der Waals surface area contributed by atoms with Crippen molar-refractivity contribution >= 4 is 17.5 Å². The standard InChI is InChI=1S/C26H32N2O5/c1-3-17-10-12-19(13-11-17)25(31)28-23(18-8-6-5-7-9-18)24(30)26(32)27-20-14-21(29)16-22(15-20)33-4-2/h6,8-12,14-16,19,23-24,29-30H,3-5,7,13H2,1-2H3,(H,27,32)(H,28,31). The molecule has 7 heteroatoms. The van der Waals surface area contributed by atoms with Crippen LogP contribution in [0.5, 0.6) is 11.5 Å². The Morgan fingerprint density at radius 2 is 1.97 bits per heavy atom. The van der Waals surface area contributed by atoms with Crippen LogP contribution in [0.25, 0.3) is 0 Å². The number of amides is 2. The first-order valence-corrected chi connectivity index (χ1v) is 11.4. The maximum Gasteiger partial charge on any atom is 0.255 e. The number of allylic oxidation sites excluding steroid dienone is 5. The van der Waals surface area contributed by atoms with Crippen LogP contribution in [-0.2, 0) is 9.59 Å². The van der Waals surface area contributed by atoms with Gasteiger partial charge in [0.2, 0.25) is 5.91 Å². The van der Waals surface area contributed by atoms with Crippen LogP contribution >= 0.6 is 0 Å². The average Bonchev–Trinajstić information content (AvgIpc) is 2.82. The van der Waals surface area contributed by atoms with E-state index in [0.717, 1.165) is 19.3 Å². The summed E-state index contributed by atoms with van der Waals surface area (Å²) in [6.07, 6.45) is 13.2. The number of carbonyl (C=O) groups excluding carboxylic acids is 2. The van der Waals surface area contributed by atoms with E-state index < -0.39 is 18.1 Å². The normalized spacial score (nSPS) is 19.2. The van der Waals surface area contributed by atoms with Crippen molar-refractivity contribution in [2.24, 2.45) is 5.92 Å². The lowest BCUT2D eigenvalue weighted by molar-refractivity contribution is -0.128. The Hall–Kier alpha value is -3.32. The number of ether oxygens (including phenoxy) is 1. The zero-order valence-electron chi connectivity index (χ0n) is 19.1. The molecule has 7 nitrogen and oxygen atoms in total. The summed E-state index contributed by atoms with van der Waals surface area (Å²) in [4.78, 5) is 25.9. The molecule has 0 radical (unpaired) electrons. The first kappa shape index (κ1) is 24.3. The predicted octanol–water partition coefficient (Wildman–Crippen LogP) is 3.76. The van der Waals surface area contributed by atoms with Crippen molar-refractivity contribution in [1.82, 2.24) is 5.32 Å². The Kier molecular flexibility index (Phi) is 8.49. The van der Waals surface area contributed by atoms with Crippen LogP contribution < -0.4 is 15.4 Å².